The van der Waals surface area contributed by atoms with Gasteiger partial charge < -0.3 is 4.90 Å². The lowest BCUT2D eigenvalue weighted by molar-refractivity contribution is 0.0758. The van der Waals surface area contributed by atoms with E-state index >= 15 is 0 Å². The fourth-order valence-corrected chi connectivity index (χ4v) is 7.28. The van der Waals surface area contributed by atoms with Crippen LogP contribution in [0.1, 0.15) is 56.6 Å². The van der Waals surface area contributed by atoms with Crippen LogP contribution >= 0.6 is 0 Å². The third-order valence-electron chi connectivity index (χ3n) is 6.66. The van der Waals surface area contributed by atoms with Crippen molar-refractivity contribution in [2.24, 2.45) is 5.92 Å². The number of rotatable bonds is 3. The average molecular weight is 378 g/mol. The zero-order valence-electron chi connectivity index (χ0n) is 16.2. The number of fused-ring (bicyclic) bond motifs is 2. The van der Waals surface area contributed by atoms with Gasteiger partial charge in [-0.1, -0.05) is 13.0 Å². The Labute approximate surface area is 157 Å². The van der Waals surface area contributed by atoms with E-state index in [0.29, 0.717) is 6.04 Å². The van der Waals surface area contributed by atoms with Crippen molar-refractivity contribution in [3.63, 3.8) is 0 Å². The lowest BCUT2D eigenvalue weighted by Gasteiger charge is -2.44. The highest BCUT2D eigenvalue weighted by Crippen LogP contribution is 2.42. The number of sulfonamides is 1. The summed E-state index contributed by atoms with van der Waals surface area (Å²) in [7, 11) is -3.50. The third-order valence-corrected chi connectivity index (χ3v) is 8.73. The normalized spacial score (nSPS) is 31.4. The largest absolute Gasteiger partial charge is 0.300 e. The van der Waals surface area contributed by atoms with Gasteiger partial charge in [0.05, 0.1) is 0 Å². The van der Waals surface area contributed by atoms with Gasteiger partial charge in [-0.15, -0.1) is 0 Å². The number of likely N-dealkylation sites (tertiary alicyclic amines) is 1. The van der Waals surface area contributed by atoms with Crippen molar-refractivity contribution in [1.29, 1.82) is 0 Å². The molecule has 0 radical (unpaired) electrons. The Bertz CT molecular complexity index is 757. The van der Waals surface area contributed by atoms with E-state index in [0.717, 1.165) is 42.7 Å². The quantitative estimate of drug-likeness (QED) is 0.812. The Morgan fingerprint density at radius 3 is 2.19 bits per heavy atom. The molecule has 2 bridgehead atoms. The molecule has 0 spiro atoms. The minimum absolute atomic E-state index is 0.144. The molecule has 5 nitrogen and oxygen atoms in total. The summed E-state index contributed by atoms with van der Waals surface area (Å²) in [6, 6.07) is 2.76. The molecule has 6 heteroatoms. The fraction of sp³-hybridized carbons (Fsp3) is 0.750. The van der Waals surface area contributed by atoms with Gasteiger partial charge in [-0.25, -0.2) is 13.4 Å². The summed E-state index contributed by atoms with van der Waals surface area (Å²) in [5.41, 5.74) is 1.76. The van der Waals surface area contributed by atoms with Gasteiger partial charge in [-0.3, -0.25) is 0 Å². The summed E-state index contributed by atoms with van der Waals surface area (Å²) >= 11 is 0. The summed E-state index contributed by atoms with van der Waals surface area (Å²) in [4.78, 5) is 6.93. The molecule has 0 aromatic carbocycles. The minimum Gasteiger partial charge on any atom is -0.300 e. The van der Waals surface area contributed by atoms with Gasteiger partial charge in [-0.2, -0.15) is 4.31 Å². The Hall–Kier alpha value is -0.980. The molecule has 1 aromatic rings. The second-order valence-electron chi connectivity index (χ2n) is 8.70. The van der Waals surface area contributed by atoms with Crippen LogP contribution < -0.4 is 0 Å². The topological polar surface area (TPSA) is 53.5 Å². The van der Waals surface area contributed by atoms with E-state index in [1.54, 1.807) is 6.20 Å². The number of hydrogen-bond donors (Lipinski definition) is 0. The second kappa shape index (κ2) is 6.88. The molecule has 3 saturated heterocycles. The van der Waals surface area contributed by atoms with E-state index in [-0.39, 0.29) is 17.1 Å². The van der Waals surface area contributed by atoms with Crippen molar-refractivity contribution in [3.05, 3.63) is 23.4 Å². The van der Waals surface area contributed by atoms with E-state index in [1.165, 1.54) is 25.9 Å². The van der Waals surface area contributed by atoms with Gasteiger partial charge >= 0.3 is 0 Å². The maximum atomic E-state index is 13.4. The average Bonchev–Trinajstić information content (AvgIpc) is 2.87. The van der Waals surface area contributed by atoms with E-state index in [9.17, 15) is 8.42 Å². The second-order valence-corrected chi connectivity index (χ2v) is 10.5. The highest BCUT2D eigenvalue weighted by Gasteiger charge is 2.49. The molecule has 3 aliphatic heterocycles. The first kappa shape index (κ1) is 18.4. The van der Waals surface area contributed by atoms with Crippen LogP contribution in [-0.2, 0) is 10.0 Å². The molecule has 4 rings (SSSR count). The lowest BCUT2D eigenvalue weighted by atomic mass is 9.93. The van der Waals surface area contributed by atoms with Crippen molar-refractivity contribution in [2.45, 2.75) is 82.4 Å². The van der Waals surface area contributed by atoms with Crippen molar-refractivity contribution in [1.82, 2.24) is 14.2 Å². The first-order valence-electron chi connectivity index (χ1n) is 10.1. The zero-order chi connectivity index (χ0) is 18.5. The smallest absolute Gasteiger partial charge is 0.261 e. The van der Waals surface area contributed by atoms with Gasteiger partial charge in [-0.05, 0) is 82.5 Å². The van der Waals surface area contributed by atoms with E-state index < -0.39 is 10.0 Å². The summed E-state index contributed by atoms with van der Waals surface area (Å²) in [5.74, 6) is 0.832. The fourth-order valence-electron chi connectivity index (χ4n) is 5.26. The van der Waals surface area contributed by atoms with Gasteiger partial charge in [0, 0.05) is 24.3 Å². The van der Waals surface area contributed by atoms with Gasteiger partial charge in [0.2, 0.25) is 0 Å². The first-order valence-corrected chi connectivity index (χ1v) is 11.5. The van der Waals surface area contributed by atoms with Gasteiger partial charge in [0.15, 0.2) is 5.03 Å². The number of pyridine rings is 1. The summed E-state index contributed by atoms with van der Waals surface area (Å²) in [5, 5.41) is 0.255. The lowest BCUT2D eigenvalue weighted by Crippen LogP contribution is -2.53. The van der Waals surface area contributed by atoms with Crippen molar-refractivity contribution >= 4 is 10.0 Å². The van der Waals surface area contributed by atoms with E-state index in [4.69, 9.17) is 0 Å². The van der Waals surface area contributed by atoms with Crippen LogP contribution in [0, 0.1) is 19.8 Å². The number of aromatic nitrogens is 1. The SMILES string of the molecule is Cc1cnc(S(=O)(=O)N2C3CCC2CC(N2CCC(C)CC2)C3)c(C)c1. The maximum absolute atomic E-state index is 13.4. The van der Waals surface area contributed by atoms with Crippen LogP contribution in [0.15, 0.2) is 17.3 Å². The molecule has 3 aliphatic rings. The monoisotopic (exact) mass is 377 g/mol. The van der Waals surface area contributed by atoms with Gasteiger partial charge in [0.25, 0.3) is 10.0 Å². The van der Waals surface area contributed by atoms with Crippen molar-refractivity contribution < 1.29 is 8.42 Å². The van der Waals surface area contributed by atoms with E-state index in [1.807, 2.05) is 24.2 Å². The minimum atomic E-state index is -3.50. The molecular formula is C20H31N3O2S. The number of piperidine rings is 2. The summed E-state index contributed by atoms with van der Waals surface area (Å²) < 4.78 is 28.5. The Kier molecular flexibility index (Phi) is 4.86. The standard InChI is InChI=1S/C20H31N3O2S/c1-14-6-8-22(9-7-14)19-11-17-4-5-18(12-19)23(17)26(24,25)20-16(3)10-15(2)13-21-20/h10,13-14,17-19H,4-9,11-12H2,1-3H3. The van der Waals surface area contributed by atoms with Crippen LogP contribution in [0.2, 0.25) is 0 Å². The molecule has 4 heterocycles. The summed E-state index contributed by atoms with van der Waals surface area (Å²) in [6.07, 6.45) is 8.18. The van der Waals surface area contributed by atoms with E-state index in [2.05, 4.69) is 16.8 Å². The number of nitrogens with zero attached hydrogens (tertiary/aromatic N) is 3. The van der Waals surface area contributed by atoms with Crippen LogP contribution in [0.4, 0.5) is 0 Å². The predicted octanol–water partition coefficient (Wildman–Crippen LogP) is 3.11. The molecule has 2 unspecified atom stereocenters. The molecule has 3 fully saturated rings. The molecule has 2 atom stereocenters. The summed E-state index contributed by atoms with van der Waals surface area (Å²) in [6.45, 7) is 8.50. The van der Waals surface area contributed by atoms with Crippen molar-refractivity contribution in [2.75, 3.05) is 13.1 Å². The highest BCUT2D eigenvalue weighted by atomic mass is 32.2. The molecule has 144 valence electrons. The first-order chi connectivity index (χ1) is 12.4. The molecule has 0 N–H and O–H groups in total. The molecule has 0 saturated carbocycles. The van der Waals surface area contributed by atoms with Crippen LogP contribution in [0.25, 0.3) is 0 Å². The Morgan fingerprint density at radius 1 is 1.00 bits per heavy atom. The molecule has 0 amide bonds. The molecule has 0 aliphatic carbocycles. The van der Waals surface area contributed by atoms with Gasteiger partial charge in [0.1, 0.15) is 0 Å². The van der Waals surface area contributed by atoms with Crippen LogP contribution in [0.3, 0.4) is 0 Å². The molecule has 1 aromatic heterocycles. The van der Waals surface area contributed by atoms with Crippen LogP contribution in [-0.4, -0.2) is 53.8 Å². The third kappa shape index (κ3) is 3.20. The zero-order valence-corrected chi connectivity index (χ0v) is 17.0. The molecule has 26 heavy (non-hydrogen) atoms. The van der Waals surface area contributed by atoms with Crippen molar-refractivity contribution in [3.8, 4) is 0 Å². The van der Waals surface area contributed by atoms with Crippen LogP contribution in [0.5, 0.6) is 0 Å². The Balaban J connectivity index is 1.54. The Morgan fingerprint density at radius 2 is 1.62 bits per heavy atom. The predicted molar refractivity (Wildman–Crippen MR) is 103 cm³/mol. The number of aryl methyl sites for hydroxylation is 2. The number of hydrogen-bond acceptors (Lipinski definition) is 4. The highest BCUT2D eigenvalue weighted by molar-refractivity contribution is 7.89. The molecular weight excluding hydrogens is 346 g/mol. The maximum Gasteiger partial charge on any atom is 0.261 e.